The van der Waals surface area contributed by atoms with E-state index in [0.29, 0.717) is 24.1 Å². The zero-order valence-electron chi connectivity index (χ0n) is 15.3. The highest BCUT2D eigenvalue weighted by Gasteiger charge is 2.35. The highest BCUT2D eigenvalue weighted by Crippen LogP contribution is 2.27. The summed E-state index contributed by atoms with van der Waals surface area (Å²) in [6, 6.07) is 13.6. The first-order chi connectivity index (χ1) is 13.0. The van der Waals surface area contributed by atoms with Crippen LogP contribution in [0.2, 0.25) is 0 Å². The molecule has 140 valence electrons. The third kappa shape index (κ3) is 3.51. The molecule has 0 spiro atoms. The number of rotatable bonds is 4. The minimum Gasteiger partial charge on any atom is -0.369 e. The monoisotopic (exact) mass is 427 g/mol. The Morgan fingerprint density at radius 2 is 1.63 bits per heavy atom. The average molecular weight is 428 g/mol. The normalized spacial score (nSPS) is 17.6. The van der Waals surface area contributed by atoms with E-state index in [-0.39, 0.29) is 11.8 Å². The number of imide groups is 1. The molecular formula is C21H22BrN3O2. The Balaban J connectivity index is 1.50. The largest absolute Gasteiger partial charge is 0.369 e. The van der Waals surface area contributed by atoms with Crippen LogP contribution in [0.15, 0.2) is 46.9 Å². The lowest BCUT2D eigenvalue weighted by molar-refractivity contribution is 0.0656. The fourth-order valence-corrected chi connectivity index (χ4v) is 4.14. The second-order valence-corrected chi connectivity index (χ2v) is 8.04. The Kier molecular flexibility index (Phi) is 5.02. The van der Waals surface area contributed by atoms with E-state index in [9.17, 15) is 9.59 Å². The van der Waals surface area contributed by atoms with Crippen LogP contribution in [0.5, 0.6) is 0 Å². The highest BCUT2D eigenvalue weighted by molar-refractivity contribution is 9.10. The van der Waals surface area contributed by atoms with Gasteiger partial charge in [0.25, 0.3) is 11.8 Å². The molecule has 0 aromatic heterocycles. The van der Waals surface area contributed by atoms with Crippen LogP contribution in [0.25, 0.3) is 0 Å². The Bertz CT molecular complexity index is 891. The number of benzene rings is 2. The highest BCUT2D eigenvalue weighted by atomic mass is 79.9. The average Bonchev–Trinajstić information content (AvgIpc) is 2.91. The number of piperazine rings is 1. The van der Waals surface area contributed by atoms with Crippen molar-refractivity contribution >= 4 is 33.4 Å². The lowest BCUT2D eigenvalue weighted by Crippen LogP contribution is -2.44. The summed E-state index contributed by atoms with van der Waals surface area (Å²) in [5.41, 5.74) is 3.38. The van der Waals surface area contributed by atoms with Gasteiger partial charge in [-0.25, -0.2) is 0 Å². The molecule has 4 rings (SSSR count). The number of halogens is 1. The van der Waals surface area contributed by atoms with Gasteiger partial charge in [0.15, 0.2) is 0 Å². The number of para-hydroxylation sites is 1. The third-order valence-electron chi connectivity index (χ3n) is 5.37. The second-order valence-electron chi connectivity index (χ2n) is 7.12. The number of carbonyl (C=O) groups is 2. The van der Waals surface area contributed by atoms with Crippen molar-refractivity contribution in [3.63, 3.8) is 0 Å². The summed E-state index contributed by atoms with van der Waals surface area (Å²) in [5.74, 6) is -0.395. The van der Waals surface area contributed by atoms with Gasteiger partial charge in [0.2, 0.25) is 0 Å². The summed E-state index contributed by atoms with van der Waals surface area (Å²) in [6.07, 6.45) is 0.662. The predicted molar refractivity (Wildman–Crippen MR) is 109 cm³/mol. The molecule has 5 nitrogen and oxygen atoms in total. The van der Waals surface area contributed by atoms with Crippen molar-refractivity contribution in [3.05, 3.63) is 63.6 Å². The molecule has 0 aliphatic carbocycles. The van der Waals surface area contributed by atoms with Crippen molar-refractivity contribution in [2.24, 2.45) is 0 Å². The van der Waals surface area contributed by atoms with E-state index in [2.05, 4.69) is 51.0 Å². The van der Waals surface area contributed by atoms with Gasteiger partial charge in [-0.05, 0) is 43.3 Å². The van der Waals surface area contributed by atoms with Crippen molar-refractivity contribution in [2.75, 3.05) is 44.7 Å². The van der Waals surface area contributed by atoms with E-state index in [4.69, 9.17) is 0 Å². The number of nitrogens with zero attached hydrogens (tertiary/aromatic N) is 3. The van der Waals surface area contributed by atoms with Crippen LogP contribution in [0, 0.1) is 0 Å². The van der Waals surface area contributed by atoms with Crippen LogP contribution in [-0.4, -0.2) is 61.4 Å². The van der Waals surface area contributed by atoms with Gasteiger partial charge in [0.05, 0.1) is 11.1 Å². The number of fused-ring (bicyclic) bond motifs is 1. The number of amides is 2. The standard InChI is InChI=1S/C21H22BrN3O2/c1-23-10-12-24(13-11-23)19-5-3-2-4-15(19)8-9-25-20(26)17-7-6-16(22)14-18(17)21(25)27/h2-7,14H,8-13H2,1H3. The van der Waals surface area contributed by atoms with Gasteiger partial charge >= 0.3 is 0 Å². The first-order valence-electron chi connectivity index (χ1n) is 9.22. The quantitative estimate of drug-likeness (QED) is 0.703. The maximum atomic E-state index is 12.7. The number of anilines is 1. The minimum absolute atomic E-state index is 0.195. The van der Waals surface area contributed by atoms with Crippen molar-refractivity contribution in [1.29, 1.82) is 0 Å². The summed E-state index contributed by atoms with van der Waals surface area (Å²) >= 11 is 3.37. The van der Waals surface area contributed by atoms with Crippen LogP contribution in [0.3, 0.4) is 0 Å². The van der Waals surface area contributed by atoms with Gasteiger partial charge in [0.1, 0.15) is 0 Å². The molecule has 1 fully saturated rings. The molecule has 6 heteroatoms. The molecule has 2 aliphatic rings. The van der Waals surface area contributed by atoms with Gasteiger partial charge in [-0.1, -0.05) is 34.1 Å². The molecular weight excluding hydrogens is 406 g/mol. The third-order valence-corrected chi connectivity index (χ3v) is 5.87. The number of hydrogen-bond acceptors (Lipinski definition) is 4. The van der Waals surface area contributed by atoms with E-state index in [1.54, 1.807) is 18.2 Å². The topological polar surface area (TPSA) is 43.9 Å². The Labute approximate surface area is 167 Å². The fourth-order valence-electron chi connectivity index (χ4n) is 3.78. The first kappa shape index (κ1) is 18.2. The second kappa shape index (κ2) is 7.44. The molecule has 2 heterocycles. The Morgan fingerprint density at radius 1 is 0.926 bits per heavy atom. The zero-order valence-corrected chi connectivity index (χ0v) is 16.9. The van der Waals surface area contributed by atoms with E-state index in [0.717, 1.165) is 30.7 Å². The predicted octanol–water partition coefficient (Wildman–Crippen LogP) is 3.04. The molecule has 1 saturated heterocycles. The van der Waals surface area contributed by atoms with Crippen LogP contribution in [-0.2, 0) is 6.42 Å². The molecule has 2 aliphatic heterocycles. The Hall–Kier alpha value is -2.18. The van der Waals surface area contributed by atoms with E-state index in [1.165, 1.54) is 16.2 Å². The summed E-state index contributed by atoms with van der Waals surface area (Å²) < 4.78 is 0.810. The van der Waals surface area contributed by atoms with Crippen LogP contribution in [0.1, 0.15) is 26.3 Å². The summed E-state index contributed by atoms with van der Waals surface area (Å²) in [4.78, 5) is 31.4. The van der Waals surface area contributed by atoms with Crippen LogP contribution in [0.4, 0.5) is 5.69 Å². The van der Waals surface area contributed by atoms with E-state index in [1.807, 2.05) is 6.07 Å². The maximum absolute atomic E-state index is 12.7. The smallest absolute Gasteiger partial charge is 0.261 e. The van der Waals surface area contributed by atoms with Gasteiger partial charge < -0.3 is 9.80 Å². The van der Waals surface area contributed by atoms with Crippen molar-refractivity contribution in [2.45, 2.75) is 6.42 Å². The maximum Gasteiger partial charge on any atom is 0.261 e. The number of likely N-dealkylation sites (N-methyl/N-ethyl adjacent to an activating group) is 1. The van der Waals surface area contributed by atoms with Crippen molar-refractivity contribution < 1.29 is 9.59 Å². The molecule has 0 unspecified atom stereocenters. The van der Waals surface area contributed by atoms with Crippen LogP contribution < -0.4 is 4.90 Å². The van der Waals surface area contributed by atoms with Crippen LogP contribution >= 0.6 is 15.9 Å². The molecule has 0 N–H and O–H groups in total. The molecule has 0 bridgehead atoms. The molecule has 2 amide bonds. The van der Waals surface area contributed by atoms with Gasteiger partial charge in [-0.2, -0.15) is 0 Å². The minimum atomic E-state index is -0.201. The Morgan fingerprint density at radius 3 is 2.41 bits per heavy atom. The molecule has 0 radical (unpaired) electrons. The molecule has 27 heavy (non-hydrogen) atoms. The van der Waals surface area contributed by atoms with Crippen molar-refractivity contribution in [3.8, 4) is 0 Å². The fraction of sp³-hybridized carbons (Fsp3) is 0.333. The van der Waals surface area contributed by atoms with Gasteiger partial charge in [0, 0.05) is 42.9 Å². The SMILES string of the molecule is CN1CCN(c2ccccc2CCN2C(=O)c3ccc(Br)cc3C2=O)CC1. The summed E-state index contributed by atoms with van der Waals surface area (Å²) in [5, 5.41) is 0. The summed E-state index contributed by atoms with van der Waals surface area (Å²) in [7, 11) is 2.14. The zero-order chi connectivity index (χ0) is 19.0. The number of carbonyl (C=O) groups excluding carboxylic acids is 2. The first-order valence-corrected chi connectivity index (χ1v) is 10.0. The lowest BCUT2D eigenvalue weighted by atomic mass is 10.1. The number of hydrogen-bond donors (Lipinski definition) is 0. The molecule has 0 atom stereocenters. The lowest BCUT2D eigenvalue weighted by Gasteiger charge is -2.35. The van der Waals surface area contributed by atoms with Crippen molar-refractivity contribution in [1.82, 2.24) is 9.80 Å². The molecule has 2 aromatic carbocycles. The summed E-state index contributed by atoms with van der Waals surface area (Å²) in [6.45, 7) is 4.47. The van der Waals surface area contributed by atoms with E-state index < -0.39 is 0 Å². The van der Waals surface area contributed by atoms with Gasteiger partial charge in [-0.3, -0.25) is 14.5 Å². The molecule has 2 aromatic rings. The van der Waals surface area contributed by atoms with Gasteiger partial charge in [-0.15, -0.1) is 0 Å². The molecule has 0 saturated carbocycles. The van der Waals surface area contributed by atoms with E-state index >= 15 is 0 Å².